The first-order chi connectivity index (χ1) is 16.1. The van der Waals surface area contributed by atoms with Gasteiger partial charge in [-0.1, -0.05) is 0 Å². The molecule has 1 amide bonds. The minimum absolute atomic E-state index is 0.145. The normalized spacial score (nSPS) is 20.3. The van der Waals surface area contributed by atoms with Crippen LogP contribution in [0.5, 0.6) is 0 Å². The lowest BCUT2D eigenvalue weighted by Gasteiger charge is -2.33. The smallest absolute Gasteiger partial charge is 0.251 e. The van der Waals surface area contributed by atoms with Crippen LogP contribution in [-0.2, 0) is 4.79 Å². The lowest BCUT2D eigenvalue weighted by atomic mass is 9.98. The summed E-state index contributed by atoms with van der Waals surface area (Å²) in [4.78, 5) is 32.8. The summed E-state index contributed by atoms with van der Waals surface area (Å²) in [5.41, 5.74) is 1.08. The minimum atomic E-state index is -0.807. The number of aromatic nitrogens is 7. The molecule has 2 fully saturated rings. The molecule has 0 bridgehead atoms. The molecule has 168 valence electrons. The molecule has 2 aliphatic rings. The van der Waals surface area contributed by atoms with Gasteiger partial charge in [-0.05, 0) is 50.8 Å². The Hall–Kier alpha value is -4.02. The molecule has 11 heteroatoms. The topological polar surface area (TPSA) is 129 Å². The van der Waals surface area contributed by atoms with E-state index in [1.54, 1.807) is 12.3 Å². The third-order valence-electron chi connectivity index (χ3n) is 6.43. The van der Waals surface area contributed by atoms with Gasteiger partial charge in [0.1, 0.15) is 23.3 Å². The molecular weight excluding hydrogens is 420 g/mol. The molecule has 33 heavy (non-hydrogen) atoms. The number of fused-ring (bicyclic) bond motifs is 1. The van der Waals surface area contributed by atoms with Crippen LogP contribution in [0.3, 0.4) is 0 Å². The maximum Gasteiger partial charge on any atom is 0.251 e. The number of amides is 1. The van der Waals surface area contributed by atoms with Crippen LogP contribution in [0.25, 0.3) is 5.65 Å². The first-order valence-corrected chi connectivity index (χ1v) is 11.1. The molecule has 0 aromatic carbocycles. The Kier molecular flexibility index (Phi) is 4.49. The van der Waals surface area contributed by atoms with Crippen molar-refractivity contribution in [3.05, 3.63) is 48.7 Å². The molecule has 4 aromatic rings. The van der Waals surface area contributed by atoms with Gasteiger partial charge in [0.15, 0.2) is 5.82 Å². The molecule has 6 rings (SSSR count). The molecule has 0 radical (unpaired) electrons. The molecule has 5 heterocycles. The van der Waals surface area contributed by atoms with Crippen LogP contribution in [0.15, 0.2) is 43.0 Å². The summed E-state index contributed by atoms with van der Waals surface area (Å²) < 4.78 is 1.88. The van der Waals surface area contributed by atoms with Crippen LogP contribution in [0.4, 0.5) is 23.5 Å². The monoisotopic (exact) mass is 444 g/mol. The highest BCUT2D eigenvalue weighted by atomic mass is 16.2. The summed E-state index contributed by atoms with van der Waals surface area (Å²) in [5.74, 6) is 2.71. The molecule has 1 atom stereocenters. The van der Waals surface area contributed by atoms with Gasteiger partial charge >= 0.3 is 0 Å². The molecule has 1 saturated heterocycles. The van der Waals surface area contributed by atoms with E-state index < -0.39 is 5.54 Å². The Morgan fingerprint density at radius 3 is 2.97 bits per heavy atom. The number of hydrogen-bond donors (Lipinski definition) is 3. The number of hydrogen-bond acceptors (Lipinski definition) is 8. The molecule has 11 nitrogen and oxygen atoms in total. The van der Waals surface area contributed by atoms with E-state index in [0.717, 1.165) is 17.8 Å². The van der Waals surface area contributed by atoms with Crippen molar-refractivity contribution in [3.63, 3.8) is 0 Å². The molecule has 4 aromatic heterocycles. The zero-order valence-electron chi connectivity index (χ0n) is 18.2. The van der Waals surface area contributed by atoms with Crippen molar-refractivity contribution in [1.82, 2.24) is 34.5 Å². The number of aromatic amines is 1. The highest BCUT2D eigenvalue weighted by Crippen LogP contribution is 2.40. The van der Waals surface area contributed by atoms with Crippen molar-refractivity contribution in [2.24, 2.45) is 0 Å². The van der Waals surface area contributed by atoms with E-state index in [1.807, 2.05) is 40.6 Å². The van der Waals surface area contributed by atoms with Crippen molar-refractivity contribution >= 4 is 35.1 Å². The molecule has 0 unspecified atom stereocenters. The predicted molar refractivity (Wildman–Crippen MR) is 122 cm³/mol. The first-order valence-electron chi connectivity index (χ1n) is 11.1. The summed E-state index contributed by atoms with van der Waals surface area (Å²) >= 11 is 0. The number of H-pyrrole nitrogens is 1. The van der Waals surface area contributed by atoms with E-state index in [2.05, 4.69) is 30.8 Å². The SMILES string of the molecule is C[C@@]1(C(=O)Nc2ccncn2)CCCN1c1nc(Nc2cc(C3CC3)[nH]n2)n2cccc2n1. The third kappa shape index (κ3) is 3.55. The van der Waals surface area contributed by atoms with Gasteiger partial charge in [-0.3, -0.25) is 14.3 Å². The zero-order valence-corrected chi connectivity index (χ0v) is 18.2. The minimum Gasteiger partial charge on any atom is -0.326 e. The molecule has 1 saturated carbocycles. The van der Waals surface area contributed by atoms with E-state index in [4.69, 9.17) is 9.97 Å². The van der Waals surface area contributed by atoms with E-state index >= 15 is 0 Å². The molecule has 1 aliphatic heterocycles. The lowest BCUT2D eigenvalue weighted by molar-refractivity contribution is -0.120. The van der Waals surface area contributed by atoms with E-state index in [1.165, 1.54) is 19.2 Å². The molecule has 1 aliphatic carbocycles. The molecular formula is C22H24N10O. The van der Waals surface area contributed by atoms with Gasteiger partial charge in [0.2, 0.25) is 11.9 Å². The second kappa shape index (κ2) is 7.54. The number of carbonyl (C=O) groups excluding carboxylic acids is 1. The van der Waals surface area contributed by atoms with Gasteiger partial charge in [-0.2, -0.15) is 15.1 Å². The largest absolute Gasteiger partial charge is 0.326 e. The van der Waals surface area contributed by atoms with Crippen LogP contribution in [-0.4, -0.2) is 52.5 Å². The second-order valence-corrected chi connectivity index (χ2v) is 8.77. The Morgan fingerprint density at radius 1 is 1.24 bits per heavy atom. The summed E-state index contributed by atoms with van der Waals surface area (Å²) in [6.07, 6.45) is 8.86. The van der Waals surface area contributed by atoms with Gasteiger partial charge in [0.05, 0.1) is 0 Å². The first kappa shape index (κ1) is 19.6. The summed E-state index contributed by atoms with van der Waals surface area (Å²) in [6.45, 7) is 2.60. The maximum absolute atomic E-state index is 13.3. The molecule has 0 spiro atoms. The van der Waals surface area contributed by atoms with Gasteiger partial charge in [-0.15, -0.1) is 0 Å². The quantitative estimate of drug-likeness (QED) is 0.414. The summed E-state index contributed by atoms with van der Waals surface area (Å²) in [7, 11) is 0. The fourth-order valence-corrected chi connectivity index (χ4v) is 4.38. The van der Waals surface area contributed by atoms with Crippen molar-refractivity contribution < 1.29 is 4.79 Å². The Morgan fingerprint density at radius 2 is 2.15 bits per heavy atom. The number of nitrogens with zero attached hydrogens (tertiary/aromatic N) is 7. The zero-order chi connectivity index (χ0) is 22.4. The van der Waals surface area contributed by atoms with Crippen LogP contribution in [0.1, 0.15) is 44.2 Å². The van der Waals surface area contributed by atoms with Crippen LogP contribution >= 0.6 is 0 Å². The average molecular weight is 445 g/mol. The van der Waals surface area contributed by atoms with Gasteiger partial charge in [0.25, 0.3) is 5.91 Å². The molecule has 3 N–H and O–H groups in total. The van der Waals surface area contributed by atoms with Crippen molar-refractivity contribution in [1.29, 1.82) is 0 Å². The van der Waals surface area contributed by atoms with Crippen LogP contribution in [0, 0.1) is 0 Å². The second-order valence-electron chi connectivity index (χ2n) is 8.77. The standard InChI is InChI=1S/C22H24N10O/c1-22(19(33)25-16-7-9-23-13-24-16)8-3-11-32(22)21-27-18-4-2-10-31(18)20(28-21)26-17-12-15(29-30-17)14-5-6-14/h2,4,7,9-10,12-14H,3,5-6,8,11H2,1H3,(H,23,24,25,33)(H2,26,27,28,29,30)/t22-/m0/s1. The summed E-state index contributed by atoms with van der Waals surface area (Å²) in [5, 5.41) is 13.7. The van der Waals surface area contributed by atoms with Gasteiger partial charge in [0, 0.05) is 36.6 Å². The Bertz CT molecular complexity index is 1310. The van der Waals surface area contributed by atoms with E-state index in [9.17, 15) is 4.79 Å². The van der Waals surface area contributed by atoms with Gasteiger partial charge < -0.3 is 15.5 Å². The number of rotatable bonds is 6. The van der Waals surface area contributed by atoms with Crippen molar-refractivity contribution in [2.75, 3.05) is 22.1 Å². The highest BCUT2D eigenvalue weighted by molar-refractivity contribution is 5.99. The predicted octanol–water partition coefficient (Wildman–Crippen LogP) is 2.86. The lowest BCUT2D eigenvalue weighted by Crippen LogP contribution is -2.51. The summed E-state index contributed by atoms with van der Waals surface area (Å²) in [6, 6.07) is 7.55. The average Bonchev–Trinajstić information content (AvgIpc) is 3.20. The fraction of sp³-hybridized carbons (Fsp3) is 0.364. The Labute approximate surface area is 189 Å². The van der Waals surface area contributed by atoms with Gasteiger partial charge in [-0.25, -0.2) is 9.97 Å². The number of nitrogens with one attached hydrogen (secondary N) is 3. The number of anilines is 4. The van der Waals surface area contributed by atoms with E-state index in [0.29, 0.717) is 42.4 Å². The van der Waals surface area contributed by atoms with Crippen molar-refractivity contribution in [3.8, 4) is 0 Å². The Balaban J connectivity index is 1.32. The highest BCUT2D eigenvalue weighted by Gasteiger charge is 2.45. The third-order valence-corrected chi connectivity index (χ3v) is 6.43. The fourth-order valence-electron chi connectivity index (χ4n) is 4.38. The van der Waals surface area contributed by atoms with Crippen molar-refractivity contribution in [2.45, 2.75) is 44.1 Å². The van der Waals surface area contributed by atoms with Crippen LogP contribution in [0.2, 0.25) is 0 Å². The van der Waals surface area contributed by atoms with E-state index in [-0.39, 0.29) is 5.91 Å². The van der Waals surface area contributed by atoms with Crippen LogP contribution < -0.4 is 15.5 Å². The number of carbonyl (C=O) groups is 1. The maximum atomic E-state index is 13.3.